The van der Waals surface area contributed by atoms with Crippen LogP contribution in [0.15, 0.2) is 18.2 Å². The van der Waals surface area contributed by atoms with E-state index in [1.807, 2.05) is 6.07 Å². The molecule has 0 aliphatic heterocycles. The van der Waals surface area contributed by atoms with Crippen molar-refractivity contribution >= 4 is 17.9 Å². The molecule has 0 amide bonds. The fraction of sp³-hybridized carbons (Fsp3) is 0.200. The van der Waals surface area contributed by atoms with Gasteiger partial charge in [0, 0.05) is 10.9 Å². The molecule has 66 valence electrons. The van der Waals surface area contributed by atoms with E-state index in [9.17, 15) is 4.79 Å². The van der Waals surface area contributed by atoms with Gasteiger partial charge in [0.1, 0.15) is 6.29 Å². The van der Waals surface area contributed by atoms with Crippen LogP contribution in [-0.2, 0) is 4.79 Å². The van der Waals surface area contributed by atoms with Gasteiger partial charge in [0.2, 0.25) is 0 Å². The molecule has 0 radical (unpaired) electrons. The molecule has 0 heterocycles. The molecule has 2 nitrogen and oxygen atoms in total. The van der Waals surface area contributed by atoms with Gasteiger partial charge in [-0.25, -0.2) is 0 Å². The maximum Gasteiger partial charge on any atom is 0.127 e. The first-order valence-corrected chi connectivity index (χ1v) is 4.21. The van der Waals surface area contributed by atoms with Crippen molar-refractivity contribution in [2.24, 2.45) is 0 Å². The summed E-state index contributed by atoms with van der Waals surface area (Å²) in [7, 11) is 0. The topological polar surface area (TPSA) is 40.9 Å². The molecule has 0 fully saturated rings. The Bertz CT molecular complexity index is 368. The van der Waals surface area contributed by atoms with Crippen molar-refractivity contribution in [1.29, 1.82) is 5.26 Å². The number of carbonyl (C=O) groups is 1. The molecule has 0 saturated heterocycles. The van der Waals surface area contributed by atoms with Crippen LogP contribution in [0.4, 0.5) is 0 Å². The van der Waals surface area contributed by atoms with E-state index in [-0.39, 0.29) is 5.92 Å². The van der Waals surface area contributed by atoms with E-state index in [1.165, 1.54) is 0 Å². The smallest absolute Gasteiger partial charge is 0.127 e. The number of halogens is 1. The average molecular weight is 194 g/mol. The van der Waals surface area contributed by atoms with E-state index in [0.29, 0.717) is 10.6 Å². The SMILES string of the molecule is CC(C=O)c1ccc(Cl)cc1C#N. The lowest BCUT2D eigenvalue weighted by Crippen LogP contribution is -1.97. The zero-order valence-electron chi connectivity index (χ0n) is 7.12. The summed E-state index contributed by atoms with van der Waals surface area (Å²) in [6.45, 7) is 1.75. The van der Waals surface area contributed by atoms with Crippen LogP contribution >= 0.6 is 11.6 Å². The highest BCUT2D eigenvalue weighted by molar-refractivity contribution is 6.30. The lowest BCUT2D eigenvalue weighted by molar-refractivity contribution is -0.108. The number of hydrogen-bond donors (Lipinski definition) is 0. The number of aldehydes is 1. The van der Waals surface area contributed by atoms with Gasteiger partial charge in [0.25, 0.3) is 0 Å². The van der Waals surface area contributed by atoms with Gasteiger partial charge in [-0.05, 0) is 17.7 Å². The second-order valence-electron chi connectivity index (χ2n) is 2.77. The van der Waals surface area contributed by atoms with Crippen molar-refractivity contribution < 1.29 is 4.79 Å². The summed E-state index contributed by atoms with van der Waals surface area (Å²) in [6, 6.07) is 6.96. The van der Waals surface area contributed by atoms with Crippen molar-refractivity contribution in [2.75, 3.05) is 0 Å². The minimum absolute atomic E-state index is 0.257. The normalized spacial score (nSPS) is 11.8. The Morgan fingerprint density at radius 2 is 2.31 bits per heavy atom. The van der Waals surface area contributed by atoms with Crippen molar-refractivity contribution in [1.82, 2.24) is 0 Å². The summed E-state index contributed by atoms with van der Waals surface area (Å²) in [5, 5.41) is 9.28. The molecule has 1 rings (SSSR count). The van der Waals surface area contributed by atoms with Crippen LogP contribution < -0.4 is 0 Å². The highest BCUT2D eigenvalue weighted by Gasteiger charge is 2.09. The number of carbonyl (C=O) groups excluding carboxylic acids is 1. The standard InChI is InChI=1S/C10H8ClNO/c1-7(6-13)10-3-2-9(11)4-8(10)5-12/h2-4,6-7H,1H3. The molecule has 13 heavy (non-hydrogen) atoms. The van der Waals surface area contributed by atoms with E-state index < -0.39 is 0 Å². The minimum Gasteiger partial charge on any atom is -0.303 e. The molecule has 1 aromatic rings. The predicted octanol–water partition coefficient (Wildman–Crippen LogP) is 2.51. The molecule has 0 bridgehead atoms. The van der Waals surface area contributed by atoms with Gasteiger partial charge >= 0.3 is 0 Å². The summed E-state index contributed by atoms with van der Waals surface area (Å²) in [4.78, 5) is 10.5. The molecule has 1 unspecified atom stereocenters. The Hall–Kier alpha value is -1.33. The molecule has 1 aromatic carbocycles. The first-order chi connectivity index (χ1) is 6.19. The quantitative estimate of drug-likeness (QED) is 0.678. The molecule has 0 spiro atoms. The Balaban J connectivity index is 3.22. The Kier molecular flexibility index (Phi) is 3.05. The summed E-state index contributed by atoms with van der Waals surface area (Å²) in [5.41, 5.74) is 1.19. The number of hydrogen-bond acceptors (Lipinski definition) is 2. The van der Waals surface area contributed by atoms with Crippen molar-refractivity contribution in [3.63, 3.8) is 0 Å². The van der Waals surface area contributed by atoms with E-state index in [1.54, 1.807) is 25.1 Å². The van der Waals surface area contributed by atoms with Crippen molar-refractivity contribution in [2.45, 2.75) is 12.8 Å². The third-order valence-corrected chi connectivity index (χ3v) is 2.07. The predicted molar refractivity (Wildman–Crippen MR) is 50.6 cm³/mol. The van der Waals surface area contributed by atoms with E-state index >= 15 is 0 Å². The Labute approximate surface area is 81.7 Å². The zero-order chi connectivity index (χ0) is 9.84. The zero-order valence-corrected chi connectivity index (χ0v) is 7.88. The van der Waals surface area contributed by atoms with Gasteiger partial charge in [-0.15, -0.1) is 0 Å². The molecule has 0 N–H and O–H groups in total. The van der Waals surface area contributed by atoms with Crippen LogP contribution in [0.2, 0.25) is 5.02 Å². The number of benzene rings is 1. The second-order valence-corrected chi connectivity index (χ2v) is 3.20. The monoisotopic (exact) mass is 193 g/mol. The fourth-order valence-corrected chi connectivity index (χ4v) is 1.27. The maximum atomic E-state index is 10.5. The lowest BCUT2D eigenvalue weighted by Gasteiger charge is -2.05. The number of rotatable bonds is 2. The molecule has 0 aliphatic rings. The van der Waals surface area contributed by atoms with E-state index in [4.69, 9.17) is 16.9 Å². The van der Waals surface area contributed by atoms with Gasteiger partial charge in [0.15, 0.2) is 0 Å². The average Bonchev–Trinajstić information content (AvgIpc) is 2.16. The van der Waals surface area contributed by atoms with Crippen molar-refractivity contribution in [3.8, 4) is 6.07 Å². The summed E-state index contributed by atoms with van der Waals surface area (Å²) < 4.78 is 0. The van der Waals surface area contributed by atoms with Gasteiger partial charge in [0.05, 0.1) is 11.6 Å². The third-order valence-electron chi connectivity index (χ3n) is 1.83. The molecule has 3 heteroatoms. The highest BCUT2D eigenvalue weighted by Crippen LogP contribution is 2.21. The molecule has 0 aliphatic carbocycles. The molecular formula is C10H8ClNO. The van der Waals surface area contributed by atoms with Crippen LogP contribution in [-0.4, -0.2) is 6.29 Å². The van der Waals surface area contributed by atoms with Crippen LogP contribution in [0.5, 0.6) is 0 Å². The summed E-state index contributed by atoms with van der Waals surface area (Å²) in [5.74, 6) is -0.257. The first-order valence-electron chi connectivity index (χ1n) is 3.84. The third kappa shape index (κ3) is 2.07. The minimum atomic E-state index is -0.257. The van der Waals surface area contributed by atoms with Crippen LogP contribution in [0.1, 0.15) is 24.0 Å². The lowest BCUT2D eigenvalue weighted by atomic mass is 9.98. The van der Waals surface area contributed by atoms with Gasteiger partial charge < -0.3 is 4.79 Å². The summed E-state index contributed by atoms with van der Waals surface area (Å²) >= 11 is 5.70. The fourth-order valence-electron chi connectivity index (χ4n) is 1.10. The van der Waals surface area contributed by atoms with Crippen molar-refractivity contribution in [3.05, 3.63) is 34.3 Å². The van der Waals surface area contributed by atoms with Gasteiger partial charge in [-0.1, -0.05) is 24.6 Å². The van der Waals surface area contributed by atoms with Gasteiger partial charge in [-0.2, -0.15) is 5.26 Å². The van der Waals surface area contributed by atoms with E-state index in [0.717, 1.165) is 11.8 Å². The molecular weight excluding hydrogens is 186 g/mol. The summed E-state index contributed by atoms with van der Waals surface area (Å²) in [6.07, 6.45) is 0.810. The Morgan fingerprint density at radius 1 is 1.62 bits per heavy atom. The second kappa shape index (κ2) is 4.06. The van der Waals surface area contributed by atoms with Crippen LogP contribution in [0.3, 0.4) is 0 Å². The maximum absolute atomic E-state index is 10.5. The van der Waals surface area contributed by atoms with Crippen LogP contribution in [0.25, 0.3) is 0 Å². The van der Waals surface area contributed by atoms with Gasteiger partial charge in [-0.3, -0.25) is 0 Å². The number of nitrogens with zero attached hydrogens (tertiary/aromatic N) is 1. The van der Waals surface area contributed by atoms with E-state index in [2.05, 4.69) is 0 Å². The van der Waals surface area contributed by atoms with Crippen LogP contribution in [0, 0.1) is 11.3 Å². The molecule has 0 aromatic heterocycles. The molecule has 0 saturated carbocycles. The number of nitriles is 1. The first kappa shape index (κ1) is 9.76. The molecule has 1 atom stereocenters. The largest absolute Gasteiger partial charge is 0.303 e. The highest BCUT2D eigenvalue weighted by atomic mass is 35.5. The Morgan fingerprint density at radius 3 is 2.85 bits per heavy atom.